The van der Waals surface area contributed by atoms with Crippen LogP contribution in [0.3, 0.4) is 0 Å². The highest BCUT2D eigenvalue weighted by Crippen LogP contribution is 2.35. The van der Waals surface area contributed by atoms with E-state index >= 15 is 0 Å². The molecule has 0 aromatic heterocycles. The topological polar surface area (TPSA) is 27.7 Å². The number of rotatable bonds is 6. The Morgan fingerprint density at radius 3 is 1.81 bits per heavy atom. The third-order valence-electron chi connectivity index (χ3n) is 3.17. The summed E-state index contributed by atoms with van der Waals surface area (Å²) in [7, 11) is 1.43. The van der Waals surface area contributed by atoms with E-state index in [4.69, 9.17) is 13.3 Å². The van der Waals surface area contributed by atoms with Crippen LogP contribution in [0, 0.1) is 0 Å². The molecule has 0 heterocycles. The maximum absolute atomic E-state index is 5.78. The lowest BCUT2D eigenvalue weighted by Crippen LogP contribution is -2.51. The van der Waals surface area contributed by atoms with Crippen LogP contribution in [0.25, 0.3) is 0 Å². The van der Waals surface area contributed by atoms with Gasteiger partial charge in [-0.15, -0.1) is 0 Å². The lowest BCUT2D eigenvalue weighted by atomic mass is 10.5. The van der Waals surface area contributed by atoms with Crippen molar-refractivity contribution in [3.8, 4) is 0 Å². The summed E-state index contributed by atoms with van der Waals surface area (Å²) in [5, 5.41) is 0. The molecular formula is C11H22O3Si2. The summed E-state index contributed by atoms with van der Waals surface area (Å²) in [5.41, 5.74) is 1.26. The van der Waals surface area contributed by atoms with Gasteiger partial charge in [0, 0.05) is 32.5 Å². The summed E-state index contributed by atoms with van der Waals surface area (Å²) < 4.78 is 17.2. The fourth-order valence-corrected chi connectivity index (χ4v) is 10.9. The van der Waals surface area contributed by atoms with Crippen molar-refractivity contribution in [3.05, 3.63) is 24.3 Å². The van der Waals surface area contributed by atoms with Gasteiger partial charge in [-0.05, 0) is 13.1 Å². The standard InChI is InChI=1S/C11H22O3Si2/c1-12-15(4,5)10-16(13-2,14-3)11-8-6-7-9-11/h6-9,11H,10H2,1-5H3. The van der Waals surface area contributed by atoms with Crippen LogP contribution in [0.15, 0.2) is 24.3 Å². The molecule has 0 aromatic rings. The van der Waals surface area contributed by atoms with Crippen LogP contribution in [-0.2, 0) is 13.3 Å². The number of hydrogen-bond donors (Lipinski definition) is 0. The average molecular weight is 258 g/mol. The SMILES string of the molecule is CO[Si](C)(C)C[Si](OC)(OC)C1C=CC=C1. The average Bonchev–Trinajstić information content (AvgIpc) is 2.80. The van der Waals surface area contributed by atoms with Crippen LogP contribution in [0.1, 0.15) is 0 Å². The largest absolute Gasteiger partial charge is 0.421 e. The van der Waals surface area contributed by atoms with Crippen molar-refractivity contribution < 1.29 is 13.3 Å². The lowest BCUT2D eigenvalue weighted by Gasteiger charge is -2.36. The molecule has 5 heteroatoms. The molecule has 0 spiro atoms. The van der Waals surface area contributed by atoms with Crippen molar-refractivity contribution in [2.45, 2.75) is 24.3 Å². The number of hydrogen-bond acceptors (Lipinski definition) is 3. The number of allylic oxidation sites excluding steroid dienone is 4. The van der Waals surface area contributed by atoms with Crippen LogP contribution in [0.2, 0.25) is 24.3 Å². The highest BCUT2D eigenvalue weighted by atomic mass is 28.4. The van der Waals surface area contributed by atoms with Gasteiger partial charge in [-0.1, -0.05) is 24.3 Å². The summed E-state index contributed by atoms with van der Waals surface area (Å²) in [6.07, 6.45) is 8.45. The zero-order chi connectivity index (χ0) is 12.2. The molecule has 0 saturated heterocycles. The van der Waals surface area contributed by atoms with Crippen LogP contribution in [0.4, 0.5) is 0 Å². The predicted octanol–water partition coefficient (Wildman–Crippen LogP) is 2.61. The molecule has 0 aliphatic heterocycles. The molecule has 0 saturated carbocycles. The first kappa shape index (κ1) is 13.9. The molecule has 1 aliphatic carbocycles. The van der Waals surface area contributed by atoms with Gasteiger partial charge in [0.1, 0.15) is 0 Å². The van der Waals surface area contributed by atoms with Crippen molar-refractivity contribution in [3.63, 3.8) is 0 Å². The fourth-order valence-electron chi connectivity index (χ4n) is 2.01. The van der Waals surface area contributed by atoms with Crippen LogP contribution >= 0.6 is 0 Å². The third-order valence-corrected chi connectivity index (χ3v) is 12.4. The smallest absolute Gasteiger partial charge is 0.348 e. The first-order chi connectivity index (χ1) is 7.49. The highest BCUT2D eigenvalue weighted by Gasteiger charge is 2.48. The summed E-state index contributed by atoms with van der Waals surface area (Å²) >= 11 is 0. The summed E-state index contributed by atoms with van der Waals surface area (Å²) in [5.74, 6) is 0. The molecule has 0 radical (unpaired) electrons. The zero-order valence-electron chi connectivity index (χ0n) is 10.8. The molecule has 92 valence electrons. The normalized spacial score (nSPS) is 17.3. The molecule has 16 heavy (non-hydrogen) atoms. The van der Waals surface area contributed by atoms with Gasteiger partial charge < -0.3 is 13.3 Å². The Hall–Kier alpha value is -0.206. The molecule has 0 fully saturated rings. The van der Waals surface area contributed by atoms with E-state index in [-0.39, 0.29) is 0 Å². The molecular weight excluding hydrogens is 236 g/mol. The van der Waals surface area contributed by atoms with Crippen molar-refractivity contribution in [2.75, 3.05) is 21.3 Å². The van der Waals surface area contributed by atoms with E-state index in [1.807, 2.05) is 0 Å². The Labute approximate surface area is 100 Å². The Bertz CT molecular complexity index is 271. The van der Waals surface area contributed by atoms with Gasteiger partial charge in [0.25, 0.3) is 0 Å². The Kier molecular flexibility index (Phi) is 4.69. The molecule has 1 aliphatic rings. The molecule has 0 atom stereocenters. The minimum Gasteiger partial charge on any atom is -0.421 e. The van der Waals surface area contributed by atoms with Gasteiger partial charge in [0.2, 0.25) is 0 Å². The molecule has 0 bridgehead atoms. The molecule has 0 amide bonds. The Morgan fingerprint density at radius 1 is 0.938 bits per heavy atom. The van der Waals surface area contributed by atoms with E-state index < -0.39 is 16.9 Å². The van der Waals surface area contributed by atoms with E-state index in [1.54, 1.807) is 21.3 Å². The summed E-state index contributed by atoms with van der Waals surface area (Å²) in [4.78, 5) is 0. The summed E-state index contributed by atoms with van der Waals surface area (Å²) in [6.45, 7) is 4.41. The van der Waals surface area contributed by atoms with Gasteiger partial charge >= 0.3 is 8.56 Å². The molecule has 0 N–H and O–H groups in total. The zero-order valence-corrected chi connectivity index (χ0v) is 12.8. The Morgan fingerprint density at radius 2 is 1.44 bits per heavy atom. The van der Waals surface area contributed by atoms with Crippen molar-refractivity contribution in [1.82, 2.24) is 0 Å². The minimum absolute atomic E-state index is 0.310. The molecule has 0 unspecified atom stereocenters. The van der Waals surface area contributed by atoms with Crippen molar-refractivity contribution >= 4 is 16.9 Å². The van der Waals surface area contributed by atoms with Gasteiger partial charge in [-0.3, -0.25) is 0 Å². The third kappa shape index (κ3) is 2.92. The van der Waals surface area contributed by atoms with Crippen molar-refractivity contribution in [2.24, 2.45) is 0 Å². The fraction of sp³-hybridized carbons (Fsp3) is 0.636. The quantitative estimate of drug-likeness (QED) is 0.686. The van der Waals surface area contributed by atoms with Crippen LogP contribution in [-0.4, -0.2) is 38.2 Å². The van der Waals surface area contributed by atoms with E-state index in [0.29, 0.717) is 5.54 Å². The molecule has 1 rings (SSSR count). The van der Waals surface area contributed by atoms with Crippen LogP contribution < -0.4 is 0 Å². The van der Waals surface area contributed by atoms with E-state index in [1.165, 1.54) is 0 Å². The van der Waals surface area contributed by atoms with E-state index in [9.17, 15) is 0 Å². The second-order valence-electron chi connectivity index (χ2n) is 4.66. The first-order valence-electron chi connectivity index (χ1n) is 5.50. The van der Waals surface area contributed by atoms with Gasteiger partial charge in [-0.25, -0.2) is 0 Å². The maximum Gasteiger partial charge on any atom is 0.348 e. The van der Waals surface area contributed by atoms with Crippen molar-refractivity contribution in [1.29, 1.82) is 0 Å². The van der Waals surface area contributed by atoms with E-state index in [0.717, 1.165) is 5.67 Å². The first-order valence-corrected chi connectivity index (χ1v) is 10.7. The molecule has 3 nitrogen and oxygen atoms in total. The van der Waals surface area contributed by atoms with E-state index in [2.05, 4.69) is 37.4 Å². The van der Waals surface area contributed by atoms with Gasteiger partial charge in [0.05, 0.1) is 0 Å². The van der Waals surface area contributed by atoms with Gasteiger partial charge in [-0.2, -0.15) is 0 Å². The predicted molar refractivity (Wildman–Crippen MR) is 71.1 cm³/mol. The molecule has 0 aromatic carbocycles. The lowest BCUT2D eigenvalue weighted by molar-refractivity contribution is 0.241. The highest BCUT2D eigenvalue weighted by molar-refractivity contribution is 6.89. The second-order valence-corrected chi connectivity index (χ2v) is 13.1. The second kappa shape index (κ2) is 5.42. The summed E-state index contributed by atoms with van der Waals surface area (Å²) in [6, 6.07) is 0. The Balaban J connectivity index is 2.87. The maximum atomic E-state index is 5.78. The minimum atomic E-state index is -2.20. The monoisotopic (exact) mass is 258 g/mol. The van der Waals surface area contributed by atoms with Gasteiger partial charge in [0.15, 0.2) is 8.32 Å². The van der Waals surface area contributed by atoms with Crippen LogP contribution in [0.5, 0.6) is 0 Å².